The molecule has 6 atom stereocenters. The van der Waals surface area contributed by atoms with Gasteiger partial charge in [-0.15, -0.1) is 0 Å². The molecule has 3 aliphatic carbocycles. The third-order valence-electron chi connectivity index (χ3n) is 13.2. The summed E-state index contributed by atoms with van der Waals surface area (Å²) in [5.41, 5.74) is 4.12. The van der Waals surface area contributed by atoms with Gasteiger partial charge in [-0.25, -0.2) is 4.79 Å². The van der Waals surface area contributed by atoms with Gasteiger partial charge in [-0.3, -0.25) is 19.9 Å². The number of piperidine rings is 1. The van der Waals surface area contributed by atoms with Gasteiger partial charge in [-0.05, 0) is 60.8 Å². The SMILES string of the molecule is CN(C(=O)OCC1c2ccccc2C2C=CC=CC21)[C@@H](CC(=O)OC(c1ccccc1)(c1ccc(C2/C=C\CCCCCC2)cc1)c1ccccc1Cl)N([O-])N1CCCCC1. The van der Waals surface area contributed by atoms with Gasteiger partial charge in [0.05, 0.1) is 12.6 Å². The summed E-state index contributed by atoms with van der Waals surface area (Å²) in [7, 11) is 1.53. The predicted molar refractivity (Wildman–Crippen MR) is 242 cm³/mol. The van der Waals surface area contributed by atoms with Crippen molar-refractivity contribution in [2.45, 2.75) is 93.7 Å². The summed E-state index contributed by atoms with van der Waals surface area (Å²) in [5.74, 6) is -0.0615. The van der Waals surface area contributed by atoms with Crippen LogP contribution < -0.4 is 0 Å². The van der Waals surface area contributed by atoms with Crippen molar-refractivity contribution in [1.29, 1.82) is 0 Å². The van der Waals surface area contributed by atoms with Gasteiger partial charge < -0.3 is 14.7 Å². The fourth-order valence-corrected chi connectivity index (χ4v) is 10.2. The highest BCUT2D eigenvalue weighted by atomic mass is 35.5. The molecule has 0 aromatic heterocycles. The number of hydrogen-bond donors (Lipinski definition) is 0. The van der Waals surface area contributed by atoms with E-state index in [0.717, 1.165) is 48.4 Å². The molecule has 1 fully saturated rings. The smallest absolute Gasteiger partial charge is 0.410 e. The number of fused-ring (bicyclic) bond motifs is 3. The molecule has 1 aliphatic heterocycles. The normalized spacial score (nSPS) is 23.3. The summed E-state index contributed by atoms with van der Waals surface area (Å²) in [6, 6.07) is 33.7. The third-order valence-corrected chi connectivity index (χ3v) is 13.5. The van der Waals surface area contributed by atoms with Crippen LogP contribution in [-0.4, -0.2) is 60.1 Å². The summed E-state index contributed by atoms with van der Waals surface area (Å²) in [6.45, 7) is 1.18. The van der Waals surface area contributed by atoms with Gasteiger partial charge in [-0.1, -0.05) is 171 Å². The molecule has 1 heterocycles. The van der Waals surface area contributed by atoms with Crippen LogP contribution in [0.3, 0.4) is 0 Å². The molecule has 0 radical (unpaired) electrons. The number of esters is 1. The van der Waals surface area contributed by atoms with Crippen LogP contribution in [0.5, 0.6) is 0 Å². The molecule has 4 aromatic carbocycles. The number of nitrogens with zero attached hydrogens (tertiary/aromatic N) is 3. The number of allylic oxidation sites excluding steroid dienone is 6. The largest absolute Gasteiger partial charge is 0.770 e. The maximum Gasteiger partial charge on any atom is 0.410 e. The number of amides is 1. The Labute approximate surface area is 366 Å². The quantitative estimate of drug-likeness (QED) is 0.0462. The Balaban J connectivity index is 1.10. The monoisotopic (exact) mass is 838 g/mol. The van der Waals surface area contributed by atoms with Crippen molar-refractivity contribution in [3.05, 3.63) is 183 Å². The van der Waals surface area contributed by atoms with Crippen LogP contribution in [0, 0.1) is 11.1 Å². The molecule has 8 nitrogen and oxygen atoms in total. The minimum Gasteiger partial charge on any atom is -0.770 e. The number of hydrazine groups is 1. The molecule has 0 saturated carbocycles. The number of benzene rings is 4. The van der Waals surface area contributed by atoms with E-state index in [4.69, 9.17) is 21.1 Å². The summed E-state index contributed by atoms with van der Waals surface area (Å²) in [6.07, 6.45) is 20.5. The number of hydroxylamine groups is 1. The molecular weight excluding hydrogens is 782 g/mol. The number of carbonyl (C=O) groups excluding carboxylic acids is 2. The first-order valence-electron chi connectivity index (χ1n) is 22.2. The number of ether oxygens (including phenoxy) is 2. The summed E-state index contributed by atoms with van der Waals surface area (Å²) in [5, 5.41) is 17.3. The maximum absolute atomic E-state index is 14.8. The molecule has 0 N–H and O–H groups in total. The first kappa shape index (κ1) is 42.7. The molecule has 4 aliphatic rings. The maximum atomic E-state index is 14.8. The van der Waals surface area contributed by atoms with E-state index in [1.54, 1.807) is 11.1 Å². The van der Waals surface area contributed by atoms with Gasteiger partial charge in [0.2, 0.25) is 0 Å². The molecule has 0 spiro atoms. The van der Waals surface area contributed by atoms with Crippen molar-refractivity contribution in [3.8, 4) is 0 Å². The van der Waals surface area contributed by atoms with Crippen LogP contribution >= 0.6 is 11.6 Å². The van der Waals surface area contributed by atoms with Crippen molar-refractivity contribution in [2.75, 3.05) is 26.7 Å². The van der Waals surface area contributed by atoms with E-state index < -0.39 is 30.3 Å². The van der Waals surface area contributed by atoms with E-state index in [1.165, 1.54) is 48.8 Å². The topological polar surface area (TPSA) is 85.4 Å². The number of halogens is 1. The van der Waals surface area contributed by atoms with Crippen LogP contribution in [-0.2, 0) is 19.9 Å². The lowest BCUT2D eigenvalue weighted by atomic mass is 9.79. The van der Waals surface area contributed by atoms with Gasteiger partial charge in [0, 0.05) is 59.6 Å². The van der Waals surface area contributed by atoms with E-state index in [9.17, 15) is 14.8 Å². The van der Waals surface area contributed by atoms with Gasteiger partial charge in [0.25, 0.3) is 0 Å². The Morgan fingerprint density at radius 3 is 2.25 bits per heavy atom. The zero-order chi connectivity index (χ0) is 42.2. The van der Waals surface area contributed by atoms with Crippen LogP contribution in [0.25, 0.3) is 0 Å². The Kier molecular flexibility index (Phi) is 13.9. The van der Waals surface area contributed by atoms with Crippen LogP contribution in [0.1, 0.15) is 115 Å². The van der Waals surface area contributed by atoms with Gasteiger partial charge in [0.1, 0.15) is 6.61 Å². The van der Waals surface area contributed by atoms with E-state index in [2.05, 4.69) is 54.6 Å². The van der Waals surface area contributed by atoms with E-state index in [1.807, 2.05) is 78.9 Å². The van der Waals surface area contributed by atoms with Crippen molar-refractivity contribution in [1.82, 2.24) is 15.1 Å². The average molecular weight is 839 g/mol. The molecular formula is C52H57ClN3O5-. The van der Waals surface area contributed by atoms with Gasteiger partial charge in [0.15, 0.2) is 5.60 Å². The fourth-order valence-electron chi connectivity index (χ4n) is 9.90. The lowest BCUT2D eigenvalue weighted by Crippen LogP contribution is -2.56. The summed E-state index contributed by atoms with van der Waals surface area (Å²) >= 11 is 7.06. The van der Waals surface area contributed by atoms with Crippen molar-refractivity contribution >= 4 is 23.7 Å². The molecule has 5 unspecified atom stereocenters. The fraction of sp³-hybridized carbons (Fsp3) is 0.385. The van der Waals surface area contributed by atoms with Gasteiger partial charge in [-0.2, -0.15) is 0 Å². The third kappa shape index (κ3) is 9.29. The highest BCUT2D eigenvalue weighted by Crippen LogP contribution is 2.49. The van der Waals surface area contributed by atoms with E-state index >= 15 is 0 Å². The summed E-state index contributed by atoms with van der Waals surface area (Å²) in [4.78, 5) is 30.2. The Bertz CT molecular complexity index is 2200. The van der Waals surface area contributed by atoms with E-state index in [-0.39, 0.29) is 30.3 Å². The minimum atomic E-state index is -1.49. The average Bonchev–Trinajstić information content (AvgIpc) is 3.70. The molecule has 4 aromatic rings. The summed E-state index contributed by atoms with van der Waals surface area (Å²) < 4.78 is 12.9. The molecule has 8 rings (SSSR count). The Morgan fingerprint density at radius 2 is 1.46 bits per heavy atom. The Hall–Kier alpha value is -4.99. The van der Waals surface area contributed by atoms with Crippen LogP contribution in [0.15, 0.2) is 140 Å². The number of hydrogen-bond acceptors (Lipinski definition) is 7. The highest BCUT2D eigenvalue weighted by Gasteiger charge is 2.44. The number of carbonyl (C=O) groups is 2. The van der Waals surface area contributed by atoms with Crippen LogP contribution in [0.2, 0.25) is 5.02 Å². The lowest BCUT2D eigenvalue weighted by Gasteiger charge is -2.49. The van der Waals surface area contributed by atoms with Gasteiger partial charge >= 0.3 is 12.1 Å². The molecule has 1 saturated heterocycles. The molecule has 61 heavy (non-hydrogen) atoms. The van der Waals surface area contributed by atoms with Crippen LogP contribution in [0.4, 0.5) is 4.79 Å². The number of rotatable bonds is 12. The second kappa shape index (κ2) is 19.8. The highest BCUT2D eigenvalue weighted by molar-refractivity contribution is 6.31. The molecule has 1 amide bonds. The van der Waals surface area contributed by atoms with Crippen molar-refractivity contribution in [2.24, 2.45) is 5.92 Å². The molecule has 9 heteroatoms. The zero-order valence-corrected chi connectivity index (χ0v) is 35.9. The lowest BCUT2D eigenvalue weighted by molar-refractivity contribution is -0.160. The van der Waals surface area contributed by atoms with Crippen molar-refractivity contribution < 1.29 is 19.1 Å². The second-order valence-corrected chi connectivity index (χ2v) is 17.4. The minimum absolute atomic E-state index is 0.0466. The predicted octanol–water partition coefficient (Wildman–Crippen LogP) is 11.8. The van der Waals surface area contributed by atoms with Crippen molar-refractivity contribution in [3.63, 3.8) is 0 Å². The second-order valence-electron chi connectivity index (χ2n) is 16.9. The van der Waals surface area contributed by atoms with E-state index in [0.29, 0.717) is 29.2 Å². The first-order chi connectivity index (χ1) is 29.8. The standard InChI is InChI=1S/C52H57ClN3O5/c1-54(51(58)60-37-46-44-26-14-12-24-42(44)43-25-13-15-27-45(43)46)49(56(59)55-34-18-7-19-35-55)36-50(57)61-52(40-22-10-6-11-23-40,47-28-16-17-29-48(47)53)41-32-30-39(31-33-41)38-20-8-4-2-3-5-9-21-38/h6,8,10-17,20,22-33,38,42,44,46,49H,2-5,7,9,18-19,21,34-37H2,1H3/q-1/b20-8-/t38?,42?,44?,46?,49-,52?/m1/s1. The Morgan fingerprint density at radius 1 is 0.787 bits per heavy atom. The molecule has 0 bridgehead atoms. The first-order valence-corrected chi connectivity index (χ1v) is 22.6. The zero-order valence-electron chi connectivity index (χ0n) is 35.1. The molecule has 318 valence electrons.